The molecule has 2 N–H and O–H groups in total. The summed E-state index contributed by atoms with van der Waals surface area (Å²) in [7, 11) is 2.20. The summed E-state index contributed by atoms with van der Waals surface area (Å²) >= 11 is 0. The maximum atomic E-state index is 5.93. The topological polar surface area (TPSA) is 34.2 Å². The summed E-state index contributed by atoms with van der Waals surface area (Å²) in [5, 5.41) is 1.31. The van der Waals surface area contributed by atoms with E-state index >= 15 is 0 Å². The van der Waals surface area contributed by atoms with Crippen LogP contribution in [0.4, 0.5) is 5.69 Å². The molecular weight excluding hydrogens is 222 g/mol. The molecular formula is C15H21N3. The van der Waals surface area contributed by atoms with Gasteiger partial charge in [-0.3, -0.25) is 0 Å². The number of benzene rings is 1. The first-order valence-corrected chi connectivity index (χ1v) is 6.71. The fourth-order valence-electron chi connectivity index (χ4n) is 3.11. The van der Waals surface area contributed by atoms with Crippen molar-refractivity contribution in [3.05, 3.63) is 30.0 Å². The van der Waals surface area contributed by atoms with Crippen LogP contribution in [0.2, 0.25) is 0 Å². The molecule has 0 saturated carbocycles. The van der Waals surface area contributed by atoms with Crippen LogP contribution in [0.5, 0.6) is 0 Å². The first kappa shape index (κ1) is 11.6. The second-order valence-electron chi connectivity index (χ2n) is 5.51. The maximum Gasteiger partial charge on any atom is 0.0505 e. The van der Waals surface area contributed by atoms with Gasteiger partial charge in [0.05, 0.1) is 5.52 Å². The van der Waals surface area contributed by atoms with E-state index in [0.29, 0.717) is 6.04 Å². The highest BCUT2D eigenvalue weighted by molar-refractivity contribution is 5.84. The van der Waals surface area contributed by atoms with Crippen molar-refractivity contribution >= 4 is 16.6 Å². The Morgan fingerprint density at radius 1 is 1.17 bits per heavy atom. The number of hydrogen-bond acceptors (Lipinski definition) is 2. The molecule has 1 fully saturated rings. The van der Waals surface area contributed by atoms with Crippen LogP contribution >= 0.6 is 0 Å². The Balaban J connectivity index is 2.05. The van der Waals surface area contributed by atoms with E-state index < -0.39 is 0 Å². The quantitative estimate of drug-likeness (QED) is 0.781. The second-order valence-corrected chi connectivity index (χ2v) is 5.51. The minimum absolute atomic E-state index is 0.625. The molecule has 0 amide bonds. The highest BCUT2D eigenvalue weighted by atomic mass is 15.1. The van der Waals surface area contributed by atoms with E-state index in [1.165, 1.54) is 42.5 Å². The predicted octanol–water partition coefficient (Wildman–Crippen LogP) is 2.80. The number of aryl methyl sites for hydroxylation is 1. The molecule has 0 bridgehead atoms. The van der Waals surface area contributed by atoms with Crippen LogP contribution in [0.3, 0.4) is 0 Å². The summed E-state index contributed by atoms with van der Waals surface area (Å²) in [5.41, 5.74) is 9.43. The van der Waals surface area contributed by atoms with Gasteiger partial charge in [0.15, 0.2) is 0 Å². The van der Waals surface area contributed by atoms with E-state index in [1.807, 2.05) is 6.07 Å². The molecule has 2 heterocycles. The highest BCUT2D eigenvalue weighted by Crippen LogP contribution is 2.30. The van der Waals surface area contributed by atoms with Gasteiger partial charge in [0, 0.05) is 22.8 Å². The van der Waals surface area contributed by atoms with Gasteiger partial charge in [-0.1, -0.05) is 6.07 Å². The SMILES string of the molecule is Cc1cc2ccc(N)cc2n1C1CCN(C)CC1. The molecule has 96 valence electrons. The van der Waals surface area contributed by atoms with Crippen molar-refractivity contribution in [1.82, 2.24) is 9.47 Å². The largest absolute Gasteiger partial charge is 0.399 e. The third-order valence-corrected chi connectivity index (χ3v) is 4.11. The van der Waals surface area contributed by atoms with Gasteiger partial charge in [-0.25, -0.2) is 0 Å². The Hall–Kier alpha value is -1.48. The van der Waals surface area contributed by atoms with Crippen molar-refractivity contribution in [3.8, 4) is 0 Å². The smallest absolute Gasteiger partial charge is 0.0505 e. The zero-order valence-electron chi connectivity index (χ0n) is 11.2. The first-order chi connectivity index (χ1) is 8.65. The number of nitrogen functional groups attached to an aromatic ring is 1. The van der Waals surface area contributed by atoms with Gasteiger partial charge in [0.25, 0.3) is 0 Å². The number of aromatic nitrogens is 1. The molecule has 0 aliphatic carbocycles. The van der Waals surface area contributed by atoms with Crippen LogP contribution in [0, 0.1) is 6.92 Å². The van der Waals surface area contributed by atoms with Crippen LogP contribution in [-0.2, 0) is 0 Å². The lowest BCUT2D eigenvalue weighted by molar-refractivity contribution is 0.223. The van der Waals surface area contributed by atoms with E-state index in [0.717, 1.165) is 5.69 Å². The van der Waals surface area contributed by atoms with Gasteiger partial charge < -0.3 is 15.2 Å². The van der Waals surface area contributed by atoms with Crippen molar-refractivity contribution in [3.63, 3.8) is 0 Å². The molecule has 0 unspecified atom stereocenters. The molecule has 0 spiro atoms. The summed E-state index contributed by atoms with van der Waals surface area (Å²) in [4.78, 5) is 2.41. The summed E-state index contributed by atoms with van der Waals surface area (Å²) in [6.07, 6.45) is 2.46. The van der Waals surface area contributed by atoms with Gasteiger partial charge in [0.2, 0.25) is 0 Å². The first-order valence-electron chi connectivity index (χ1n) is 6.71. The van der Waals surface area contributed by atoms with E-state index in [1.54, 1.807) is 0 Å². The van der Waals surface area contributed by atoms with Gasteiger partial charge in [-0.05, 0) is 58.1 Å². The van der Waals surface area contributed by atoms with Crippen LogP contribution in [0.15, 0.2) is 24.3 Å². The summed E-state index contributed by atoms with van der Waals surface area (Å²) in [6.45, 7) is 4.58. The Morgan fingerprint density at radius 3 is 2.61 bits per heavy atom. The number of anilines is 1. The number of piperidine rings is 1. The monoisotopic (exact) mass is 243 g/mol. The molecule has 2 aromatic rings. The van der Waals surface area contributed by atoms with Crippen molar-refractivity contribution in [2.24, 2.45) is 0 Å². The van der Waals surface area contributed by atoms with E-state index in [-0.39, 0.29) is 0 Å². The van der Waals surface area contributed by atoms with E-state index in [9.17, 15) is 0 Å². The molecule has 0 radical (unpaired) electrons. The number of fused-ring (bicyclic) bond motifs is 1. The average Bonchev–Trinajstić information content (AvgIpc) is 2.66. The van der Waals surface area contributed by atoms with Crippen molar-refractivity contribution < 1.29 is 0 Å². The number of nitrogens with two attached hydrogens (primary N) is 1. The van der Waals surface area contributed by atoms with Gasteiger partial charge in [-0.2, -0.15) is 0 Å². The lowest BCUT2D eigenvalue weighted by Crippen LogP contribution is -2.31. The minimum Gasteiger partial charge on any atom is -0.399 e. The van der Waals surface area contributed by atoms with Crippen LogP contribution in [0.25, 0.3) is 10.9 Å². The maximum absolute atomic E-state index is 5.93. The summed E-state index contributed by atoms with van der Waals surface area (Å²) < 4.78 is 2.48. The number of nitrogens with zero attached hydrogens (tertiary/aromatic N) is 2. The molecule has 3 nitrogen and oxygen atoms in total. The van der Waals surface area contributed by atoms with Gasteiger partial charge in [0.1, 0.15) is 0 Å². The molecule has 1 saturated heterocycles. The zero-order valence-corrected chi connectivity index (χ0v) is 11.2. The summed E-state index contributed by atoms with van der Waals surface area (Å²) in [5.74, 6) is 0. The Bertz CT molecular complexity index is 562. The van der Waals surface area contributed by atoms with Crippen LogP contribution in [0.1, 0.15) is 24.6 Å². The Kier molecular flexibility index (Phi) is 2.78. The van der Waals surface area contributed by atoms with Gasteiger partial charge >= 0.3 is 0 Å². The second kappa shape index (κ2) is 4.32. The lowest BCUT2D eigenvalue weighted by Gasteiger charge is -2.31. The van der Waals surface area contributed by atoms with Crippen molar-refractivity contribution in [2.75, 3.05) is 25.9 Å². The molecule has 1 aromatic heterocycles. The zero-order chi connectivity index (χ0) is 12.7. The third-order valence-electron chi connectivity index (χ3n) is 4.11. The number of rotatable bonds is 1. The standard InChI is InChI=1S/C15H21N3/c1-11-9-12-3-4-13(16)10-15(12)18(11)14-5-7-17(2)8-6-14/h3-4,9-10,14H,5-8,16H2,1-2H3. The van der Waals surface area contributed by atoms with E-state index in [4.69, 9.17) is 5.73 Å². The molecule has 1 aliphatic heterocycles. The normalized spacial score (nSPS) is 18.6. The predicted molar refractivity (Wildman–Crippen MR) is 76.9 cm³/mol. The molecule has 3 rings (SSSR count). The number of hydrogen-bond donors (Lipinski definition) is 1. The Labute approximate surface area is 108 Å². The summed E-state index contributed by atoms with van der Waals surface area (Å²) in [6, 6.07) is 9.12. The fourth-order valence-corrected chi connectivity index (χ4v) is 3.11. The minimum atomic E-state index is 0.625. The van der Waals surface area contributed by atoms with Crippen LogP contribution < -0.4 is 5.73 Å². The Morgan fingerprint density at radius 2 is 1.89 bits per heavy atom. The molecule has 0 atom stereocenters. The lowest BCUT2D eigenvalue weighted by atomic mass is 10.0. The van der Waals surface area contributed by atoms with E-state index in [2.05, 4.69) is 41.6 Å². The van der Waals surface area contributed by atoms with Gasteiger partial charge in [-0.15, -0.1) is 0 Å². The molecule has 3 heteroatoms. The molecule has 1 aliphatic rings. The highest BCUT2D eigenvalue weighted by Gasteiger charge is 2.20. The molecule has 1 aromatic carbocycles. The van der Waals surface area contributed by atoms with Crippen LogP contribution in [-0.4, -0.2) is 29.6 Å². The third kappa shape index (κ3) is 1.89. The molecule has 18 heavy (non-hydrogen) atoms. The van der Waals surface area contributed by atoms with Crippen molar-refractivity contribution in [2.45, 2.75) is 25.8 Å². The fraction of sp³-hybridized carbons (Fsp3) is 0.467. The number of likely N-dealkylation sites (tertiary alicyclic amines) is 1. The average molecular weight is 243 g/mol. The van der Waals surface area contributed by atoms with Crippen molar-refractivity contribution in [1.29, 1.82) is 0 Å².